The fourth-order valence-corrected chi connectivity index (χ4v) is 1.81. The first kappa shape index (κ1) is 10.8. The average molecular weight is 225 g/mol. The van der Waals surface area contributed by atoms with E-state index in [0.717, 1.165) is 16.2 Å². The molecule has 1 heterocycles. The molecule has 1 nitrogen and oxygen atoms in total. The minimum absolute atomic E-state index is 0.846. The zero-order valence-electron chi connectivity index (χ0n) is 8.97. The van der Waals surface area contributed by atoms with Crippen LogP contribution in [-0.2, 0) is 0 Å². The van der Waals surface area contributed by atoms with Crippen LogP contribution in [-0.4, -0.2) is 11.2 Å². The lowest BCUT2D eigenvalue weighted by Crippen LogP contribution is -1.85. The average Bonchev–Trinajstić information content (AvgIpc) is 2.38. The molecule has 0 fully saturated rings. The van der Waals surface area contributed by atoms with Gasteiger partial charge in [0.2, 0.25) is 0 Å². The van der Waals surface area contributed by atoms with Crippen molar-refractivity contribution in [3.63, 3.8) is 0 Å². The maximum atomic E-state index is 4.27. The predicted octanol–water partition coefficient (Wildman–Crippen LogP) is 3.20. The van der Waals surface area contributed by atoms with Crippen molar-refractivity contribution in [3.05, 3.63) is 59.9 Å². The summed E-state index contributed by atoms with van der Waals surface area (Å²) in [5, 5.41) is 0. The number of pyridine rings is 1. The lowest BCUT2D eigenvalue weighted by molar-refractivity contribution is 1.20. The van der Waals surface area contributed by atoms with Crippen molar-refractivity contribution in [2.75, 3.05) is 6.26 Å². The van der Waals surface area contributed by atoms with Crippen molar-refractivity contribution in [3.8, 4) is 11.8 Å². The van der Waals surface area contributed by atoms with Gasteiger partial charge in [0, 0.05) is 16.7 Å². The Morgan fingerprint density at radius 3 is 2.56 bits per heavy atom. The van der Waals surface area contributed by atoms with Gasteiger partial charge in [0.05, 0.1) is 0 Å². The Balaban J connectivity index is 2.31. The van der Waals surface area contributed by atoms with E-state index in [4.69, 9.17) is 0 Å². The van der Waals surface area contributed by atoms with E-state index < -0.39 is 0 Å². The van der Waals surface area contributed by atoms with Gasteiger partial charge >= 0.3 is 0 Å². The summed E-state index contributed by atoms with van der Waals surface area (Å²) in [6, 6.07) is 13.9. The van der Waals surface area contributed by atoms with E-state index in [9.17, 15) is 0 Å². The second-order valence-electron chi connectivity index (χ2n) is 3.17. The van der Waals surface area contributed by atoms with Gasteiger partial charge < -0.3 is 0 Å². The van der Waals surface area contributed by atoms with Crippen molar-refractivity contribution in [2.45, 2.75) is 4.90 Å². The normalized spacial score (nSPS) is 9.31. The van der Waals surface area contributed by atoms with E-state index in [0.29, 0.717) is 0 Å². The Bertz CT molecular complexity index is 523. The van der Waals surface area contributed by atoms with Crippen LogP contribution >= 0.6 is 11.8 Å². The van der Waals surface area contributed by atoms with Gasteiger partial charge in [-0.1, -0.05) is 24.1 Å². The van der Waals surface area contributed by atoms with E-state index >= 15 is 0 Å². The molecule has 0 amide bonds. The first-order valence-electron chi connectivity index (χ1n) is 4.96. The monoisotopic (exact) mass is 225 g/mol. The predicted molar refractivity (Wildman–Crippen MR) is 68.4 cm³/mol. The number of hydrogen-bond acceptors (Lipinski definition) is 2. The summed E-state index contributed by atoms with van der Waals surface area (Å²) in [6.45, 7) is 0. The van der Waals surface area contributed by atoms with Gasteiger partial charge in [0.25, 0.3) is 0 Å². The quantitative estimate of drug-likeness (QED) is 0.546. The van der Waals surface area contributed by atoms with Crippen molar-refractivity contribution in [2.24, 2.45) is 0 Å². The lowest BCUT2D eigenvalue weighted by Gasteiger charge is -1.97. The van der Waals surface area contributed by atoms with Gasteiger partial charge in [-0.2, -0.15) is 0 Å². The highest BCUT2D eigenvalue weighted by atomic mass is 32.2. The molecule has 0 unspecified atom stereocenters. The molecule has 2 rings (SSSR count). The summed E-state index contributed by atoms with van der Waals surface area (Å²) in [5.74, 6) is 6.21. The molecular weight excluding hydrogens is 214 g/mol. The summed E-state index contributed by atoms with van der Waals surface area (Å²) in [4.78, 5) is 5.39. The molecule has 1 aromatic heterocycles. The zero-order chi connectivity index (χ0) is 11.2. The summed E-state index contributed by atoms with van der Waals surface area (Å²) >= 11 is 1.67. The summed E-state index contributed by atoms with van der Waals surface area (Å²) in [5.41, 5.74) is 1.86. The third kappa shape index (κ3) is 2.65. The molecule has 0 spiro atoms. The summed E-state index contributed by atoms with van der Waals surface area (Å²) in [6.07, 6.45) is 3.80. The minimum atomic E-state index is 0.846. The van der Waals surface area contributed by atoms with Gasteiger partial charge in [0.1, 0.15) is 5.69 Å². The number of aromatic nitrogens is 1. The van der Waals surface area contributed by atoms with Gasteiger partial charge in [-0.25, -0.2) is 4.98 Å². The second-order valence-corrected chi connectivity index (χ2v) is 4.02. The maximum absolute atomic E-state index is 4.27. The van der Waals surface area contributed by atoms with Crippen LogP contribution in [0.5, 0.6) is 0 Å². The van der Waals surface area contributed by atoms with E-state index in [1.54, 1.807) is 18.0 Å². The minimum Gasteiger partial charge on any atom is -0.247 e. The lowest BCUT2D eigenvalue weighted by atomic mass is 10.2. The van der Waals surface area contributed by atoms with Crippen LogP contribution < -0.4 is 0 Å². The number of rotatable bonds is 1. The molecule has 2 aromatic rings. The summed E-state index contributed by atoms with van der Waals surface area (Å²) < 4.78 is 0. The van der Waals surface area contributed by atoms with Crippen LogP contribution in [0, 0.1) is 11.8 Å². The first-order valence-corrected chi connectivity index (χ1v) is 6.18. The highest BCUT2D eigenvalue weighted by molar-refractivity contribution is 7.98. The summed E-state index contributed by atoms with van der Waals surface area (Å²) in [7, 11) is 0. The van der Waals surface area contributed by atoms with Crippen molar-refractivity contribution in [1.82, 2.24) is 4.98 Å². The van der Waals surface area contributed by atoms with Crippen LogP contribution in [0.4, 0.5) is 0 Å². The van der Waals surface area contributed by atoms with E-state index in [-0.39, 0.29) is 0 Å². The van der Waals surface area contributed by atoms with Gasteiger partial charge in [-0.3, -0.25) is 0 Å². The molecule has 78 valence electrons. The SMILES string of the molecule is CSc1cccnc1C#Cc1ccccc1. The molecule has 0 aliphatic carbocycles. The van der Waals surface area contributed by atoms with Crippen LogP contribution in [0.15, 0.2) is 53.6 Å². The second kappa shape index (κ2) is 5.39. The Kier molecular flexibility index (Phi) is 3.63. The molecule has 0 saturated carbocycles. The van der Waals surface area contributed by atoms with Crippen LogP contribution in [0.1, 0.15) is 11.3 Å². The molecule has 0 atom stereocenters. The van der Waals surface area contributed by atoms with Crippen LogP contribution in [0.2, 0.25) is 0 Å². The van der Waals surface area contributed by atoms with Crippen molar-refractivity contribution < 1.29 is 0 Å². The number of thioether (sulfide) groups is 1. The topological polar surface area (TPSA) is 12.9 Å². The molecule has 0 saturated heterocycles. The van der Waals surface area contributed by atoms with Gasteiger partial charge in [-0.05, 0) is 36.4 Å². The van der Waals surface area contributed by atoms with Crippen LogP contribution in [0.25, 0.3) is 0 Å². The molecule has 2 heteroatoms. The molecule has 0 aliphatic heterocycles. The van der Waals surface area contributed by atoms with E-state index in [1.165, 1.54) is 0 Å². The Morgan fingerprint density at radius 1 is 1.00 bits per heavy atom. The Labute approximate surface area is 99.9 Å². The molecule has 0 N–H and O–H groups in total. The highest BCUT2D eigenvalue weighted by Gasteiger charge is 1.96. The van der Waals surface area contributed by atoms with Gasteiger partial charge in [0.15, 0.2) is 0 Å². The van der Waals surface area contributed by atoms with Crippen LogP contribution in [0.3, 0.4) is 0 Å². The zero-order valence-corrected chi connectivity index (χ0v) is 9.79. The fraction of sp³-hybridized carbons (Fsp3) is 0.0714. The largest absolute Gasteiger partial charge is 0.247 e. The molecule has 0 radical (unpaired) electrons. The third-order valence-corrected chi connectivity index (χ3v) is 2.86. The molecule has 16 heavy (non-hydrogen) atoms. The number of hydrogen-bond donors (Lipinski definition) is 0. The third-order valence-electron chi connectivity index (χ3n) is 2.09. The molecule has 0 bridgehead atoms. The van der Waals surface area contributed by atoms with Crippen molar-refractivity contribution in [1.29, 1.82) is 0 Å². The Hall–Kier alpha value is -1.72. The Morgan fingerprint density at radius 2 is 1.81 bits per heavy atom. The first-order chi connectivity index (χ1) is 7.90. The maximum Gasteiger partial charge on any atom is 0.127 e. The highest BCUT2D eigenvalue weighted by Crippen LogP contribution is 2.16. The fourth-order valence-electron chi connectivity index (χ4n) is 1.30. The smallest absolute Gasteiger partial charge is 0.127 e. The standard InChI is InChI=1S/C14H11NS/c1-16-14-8-5-11-15-13(14)10-9-12-6-3-2-4-7-12/h2-8,11H,1H3. The van der Waals surface area contributed by atoms with E-state index in [2.05, 4.69) is 16.8 Å². The number of nitrogens with zero attached hydrogens (tertiary/aromatic N) is 1. The molecule has 0 aliphatic rings. The molecular formula is C14H11NS. The number of benzene rings is 1. The molecule has 1 aromatic carbocycles. The van der Waals surface area contributed by atoms with E-state index in [1.807, 2.05) is 48.7 Å². The van der Waals surface area contributed by atoms with Gasteiger partial charge in [-0.15, -0.1) is 11.8 Å². The van der Waals surface area contributed by atoms with Crippen molar-refractivity contribution >= 4 is 11.8 Å².